The van der Waals surface area contributed by atoms with Gasteiger partial charge in [0.25, 0.3) is 0 Å². The molecule has 6 rings (SSSR count). The fraction of sp³-hybridized carbons (Fsp3) is 0.269. The second-order valence-electron chi connectivity index (χ2n) is 9.12. The van der Waals surface area contributed by atoms with Gasteiger partial charge in [-0.3, -0.25) is 4.68 Å². The van der Waals surface area contributed by atoms with Gasteiger partial charge in [-0.05, 0) is 29.3 Å². The van der Waals surface area contributed by atoms with Crippen molar-refractivity contribution < 1.29 is 9.50 Å². The minimum atomic E-state index is -0.306. The number of nitrogens with zero attached hydrogens (tertiary/aromatic N) is 9. The van der Waals surface area contributed by atoms with Crippen LogP contribution in [0.2, 0.25) is 0 Å². The number of aromatic nitrogens is 7. The molecule has 1 aromatic carbocycles. The van der Waals surface area contributed by atoms with Crippen LogP contribution in [-0.4, -0.2) is 72.2 Å². The van der Waals surface area contributed by atoms with Gasteiger partial charge in [0.05, 0.1) is 12.8 Å². The molecule has 0 radical (unpaired) electrons. The van der Waals surface area contributed by atoms with Crippen LogP contribution in [0.15, 0.2) is 67.6 Å². The summed E-state index contributed by atoms with van der Waals surface area (Å²) >= 11 is 0. The fourth-order valence-corrected chi connectivity index (χ4v) is 4.78. The largest absolute Gasteiger partial charge is 0.395 e. The minimum absolute atomic E-state index is 0.108. The third-order valence-electron chi connectivity index (χ3n) is 6.80. The summed E-state index contributed by atoms with van der Waals surface area (Å²) in [6.45, 7) is 2.91. The van der Waals surface area contributed by atoms with Gasteiger partial charge in [0.2, 0.25) is 5.95 Å². The van der Waals surface area contributed by atoms with Crippen LogP contribution >= 0.6 is 0 Å². The second kappa shape index (κ2) is 9.58. The van der Waals surface area contributed by atoms with Gasteiger partial charge in [0.15, 0.2) is 5.82 Å². The summed E-state index contributed by atoms with van der Waals surface area (Å²) in [6, 6.07) is 8.24. The first kappa shape index (κ1) is 23.0. The van der Waals surface area contributed by atoms with E-state index in [1.807, 2.05) is 30.2 Å². The molecule has 1 aliphatic rings. The number of aliphatic hydroxyl groups is 1. The summed E-state index contributed by atoms with van der Waals surface area (Å²) in [5.74, 6) is 0.935. The van der Waals surface area contributed by atoms with Crippen LogP contribution in [0.1, 0.15) is 17.0 Å². The van der Waals surface area contributed by atoms with E-state index in [4.69, 9.17) is 0 Å². The standard InChI is InChI=1S/C26H26FN9O/c1-33-14-21(13-31-33)19-10-24-25(30-17-32-36(24)15-19)34-6-8-35(9-7-34)26-28-11-20(12-29-26)23(16-37)18-2-4-22(27)5-3-18/h2-5,10-15,17,23,37H,6-9,16H2,1H3/t23-/m1/s1. The van der Waals surface area contributed by atoms with Crippen molar-refractivity contribution in [3.05, 3.63) is 84.6 Å². The van der Waals surface area contributed by atoms with Crippen LogP contribution in [0, 0.1) is 5.82 Å². The molecule has 10 nitrogen and oxygen atoms in total. The van der Waals surface area contributed by atoms with Crippen molar-refractivity contribution in [1.82, 2.24) is 34.3 Å². The van der Waals surface area contributed by atoms with E-state index in [1.54, 1.807) is 35.5 Å². The monoisotopic (exact) mass is 499 g/mol. The SMILES string of the molecule is Cn1cc(-c2cc3c(N4CCN(c5ncc([C@H](CO)c6ccc(F)cc6)cn5)CC4)ncnn3c2)cn1. The van der Waals surface area contributed by atoms with Gasteiger partial charge in [0, 0.05) is 75.1 Å². The highest BCUT2D eigenvalue weighted by molar-refractivity contribution is 5.77. The molecule has 1 fully saturated rings. The normalized spacial score (nSPS) is 14.9. The Morgan fingerprint density at radius 3 is 2.27 bits per heavy atom. The second-order valence-corrected chi connectivity index (χ2v) is 9.12. The van der Waals surface area contributed by atoms with E-state index in [-0.39, 0.29) is 18.3 Å². The molecule has 0 bridgehead atoms. The molecule has 0 aliphatic carbocycles. The molecule has 37 heavy (non-hydrogen) atoms. The smallest absolute Gasteiger partial charge is 0.225 e. The lowest BCUT2D eigenvalue weighted by molar-refractivity contribution is 0.280. The number of rotatable bonds is 6. The number of benzene rings is 1. The van der Waals surface area contributed by atoms with Gasteiger partial charge in [-0.25, -0.2) is 23.9 Å². The first-order chi connectivity index (χ1) is 18.1. The van der Waals surface area contributed by atoms with E-state index in [2.05, 4.69) is 41.0 Å². The molecule has 0 unspecified atom stereocenters. The Morgan fingerprint density at radius 2 is 1.59 bits per heavy atom. The number of aryl methyl sites for hydroxylation is 1. The molecular formula is C26H26FN9O. The Morgan fingerprint density at radius 1 is 0.865 bits per heavy atom. The van der Waals surface area contributed by atoms with Gasteiger partial charge in [-0.15, -0.1) is 0 Å². The van der Waals surface area contributed by atoms with Crippen LogP contribution in [0.3, 0.4) is 0 Å². The molecule has 11 heteroatoms. The Balaban J connectivity index is 1.16. The Labute approximate surface area is 212 Å². The van der Waals surface area contributed by atoms with Crippen molar-refractivity contribution >= 4 is 17.3 Å². The number of aliphatic hydroxyl groups excluding tert-OH is 1. The molecule has 5 aromatic rings. The summed E-state index contributed by atoms with van der Waals surface area (Å²) in [4.78, 5) is 18.1. The van der Waals surface area contributed by atoms with Gasteiger partial charge in [-0.2, -0.15) is 10.2 Å². The average Bonchev–Trinajstić information content (AvgIpc) is 3.57. The van der Waals surface area contributed by atoms with E-state index in [0.717, 1.165) is 59.8 Å². The van der Waals surface area contributed by atoms with Crippen LogP contribution in [0.25, 0.3) is 16.6 Å². The summed E-state index contributed by atoms with van der Waals surface area (Å²) in [7, 11) is 1.90. The van der Waals surface area contributed by atoms with E-state index in [9.17, 15) is 9.50 Å². The van der Waals surface area contributed by atoms with Crippen LogP contribution in [0.5, 0.6) is 0 Å². The van der Waals surface area contributed by atoms with E-state index >= 15 is 0 Å². The first-order valence-corrected chi connectivity index (χ1v) is 12.1. The Hall–Kier alpha value is -4.38. The number of fused-ring (bicyclic) bond motifs is 1. The third-order valence-corrected chi connectivity index (χ3v) is 6.80. The average molecular weight is 500 g/mol. The lowest BCUT2D eigenvalue weighted by atomic mass is 9.94. The van der Waals surface area contributed by atoms with Crippen molar-refractivity contribution in [2.75, 3.05) is 42.6 Å². The minimum Gasteiger partial charge on any atom is -0.395 e. The maximum atomic E-state index is 13.3. The third kappa shape index (κ3) is 4.49. The van der Waals surface area contributed by atoms with E-state index < -0.39 is 0 Å². The highest BCUT2D eigenvalue weighted by atomic mass is 19.1. The maximum Gasteiger partial charge on any atom is 0.225 e. The lowest BCUT2D eigenvalue weighted by Gasteiger charge is -2.35. The Bertz CT molecular complexity index is 1510. The van der Waals surface area contributed by atoms with Crippen molar-refractivity contribution in [1.29, 1.82) is 0 Å². The molecule has 1 aliphatic heterocycles. The van der Waals surface area contributed by atoms with Gasteiger partial charge in [0.1, 0.15) is 17.7 Å². The van der Waals surface area contributed by atoms with Crippen molar-refractivity contribution in [2.24, 2.45) is 7.05 Å². The topological polar surface area (TPSA) is 100 Å². The zero-order chi connectivity index (χ0) is 25.4. The predicted octanol–water partition coefficient (Wildman–Crippen LogP) is 2.51. The van der Waals surface area contributed by atoms with Crippen LogP contribution in [-0.2, 0) is 7.05 Å². The molecule has 1 saturated heterocycles. The quantitative estimate of drug-likeness (QED) is 0.381. The highest BCUT2D eigenvalue weighted by Crippen LogP contribution is 2.28. The number of hydrogen-bond acceptors (Lipinski definition) is 8. The van der Waals surface area contributed by atoms with Gasteiger partial charge < -0.3 is 14.9 Å². The predicted molar refractivity (Wildman–Crippen MR) is 137 cm³/mol. The molecule has 1 N–H and O–H groups in total. The van der Waals surface area contributed by atoms with Crippen LogP contribution < -0.4 is 9.80 Å². The molecule has 1 atom stereocenters. The molecule has 188 valence electrons. The maximum absolute atomic E-state index is 13.3. The molecule has 4 aromatic heterocycles. The first-order valence-electron chi connectivity index (χ1n) is 12.1. The van der Waals surface area contributed by atoms with Crippen LogP contribution in [0.4, 0.5) is 16.2 Å². The number of halogens is 1. The van der Waals surface area contributed by atoms with Crippen molar-refractivity contribution in [2.45, 2.75) is 5.92 Å². The van der Waals surface area contributed by atoms with Crippen molar-refractivity contribution in [3.63, 3.8) is 0 Å². The zero-order valence-corrected chi connectivity index (χ0v) is 20.3. The van der Waals surface area contributed by atoms with Gasteiger partial charge in [-0.1, -0.05) is 12.1 Å². The van der Waals surface area contributed by atoms with E-state index in [1.165, 1.54) is 12.1 Å². The summed E-state index contributed by atoms with van der Waals surface area (Å²) < 4.78 is 16.9. The molecule has 5 heterocycles. The molecular weight excluding hydrogens is 473 g/mol. The number of hydrogen-bond donors (Lipinski definition) is 1. The zero-order valence-electron chi connectivity index (χ0n) is 20.3. The molecule has 0 saturated carbocycles. The number of piperazine rings is 1. The van der Waals surface area contributed by atoms with E-state index in [0.29, 0.717) is 5.95 Å². The van der Waals surface area contributed by atoms with Crippen molar-refractivity contribution in [3.8, 4) is 11.1 Å². The summed E-state index contributed by atoms with van der Waals surface area (Å²) in [6.07, 6.45) is 10.9. The molecule has 0 spiro atoms. The fourth-order valence-electron chi connectivity index (χ4n) is 4.78. The highest BCUT2D eigenvalue weighted by Gasteiger charge is 2.23. The molecule has 0 amide bonds. The van der Waals surface area contributed by atoms with Gasteiger partial charge >= 0.3 is 0 Å². The lowest BCUT2D eigenvalue weighted by Crippen LogP contribution is -2.47. The Kier molecular flexibility index (Phi) is 5.97. The summed E-state index contributed by atoms with van der Waals surface area (Å²) in [5.41, 5.74) is 4.64. The summed E-state index contributed by atoms with van der Waals surface area (Å²) in [5, 5.41) is 18.6. The number of anilines is 2.